The topological polar surface area (TPSA) is 61.4 Å². The normalized spacial score (nSPS) is 11.4. The molecule has 2 amide bonds. The van der Waals surface area contributed by atoms with Gasteiger partial charge in [0.05, 0.1) is 35.1 Å². The number of para-hydroxylation sites is 1. The number of hydrogen-bond acceptors (Lipinski definition) is 3. The number of amides is 2. The lowest BCUT2D eigenvalue weighted by Gasteiger charge is -2.20. The van der Waals surface area contributed by atoms with Crippen molar-refractivity contribution in [3.05, 3.63) is 58.1 Å². The van der Waals surface area contributed by atoms with Crippen LogP contribution in [0.1, 0.15) is 12.5 Å². The molecule has 0 saturated heterocycles. The van der Waals surface area contributed by atoms with Crippen molar-refractivity contribution in [2.24, 2.45) is 0 Å². The minimum absolute atomic E-state index is 0.159. The second-order valence-corrected chi connectivity index (χ2v) is 6.91. The molecule has 2 rings (SSSR count). The summed E-state index contributed by atoms with van der Waals surface area (Å²) in [6.07, 6.45) is -4.59. The highest BCUT2D eigenvalue weighted by Gasteiger charge is 2.33. The Morgan fingerprint density at radius 1 is 0.966 bits per heavy atom. The van der Waals surface area contributed by atoms with E-state index in [4.69, 9.17) is 23.2 Å². The molecule has 0 atom stereocenters. The van der Waals surface area contributed by atoms with Crippen LogP contribution in [0.2, 0.25) is 10.0 Å². The van der Waals surface area contributed by atoms with Crippen LogP contribution in [0.15, 0.2) is 42.5 Å². The Kier molecular flexibility index (Phi) is 7.89. The predicted molar refractivity (Wildman–Crippen MR) is 107 cm³/mol. The third-order valence-electron chi connectivity index (χ3n) is 3.89. The Balaban J connectivity index is 1.98. The Labute approximate surface area is 175 Å². The predicted octanol–water partition coefficient (Wildman–Crippen LogP) is 4.91. The van der Waals surface area contributed by atoms with Crippen molar-refractivity contribution in [3.63, 3.8) is 0 Å². The smallest absolute Gasteiger partial charge is 0.324 e. The first-order valence-electron chi connectivity index (χ1n) is 8.53. The average molecular weight is 448 g/mol. The van der Waals surface area contributed by atoms with Gasteiger partial charge in [-0.3, -0.25) is 14.5 Å². The van der Waals surface area contributed by atoms with Gasteiger partial charge in [-0.05, 0) is 36.9 Å². The molecule has 156 valence electrons. The first kappa shape index (κ1) is 23.0. The van der Waals surface area contributed by atoms with Crippen molar-refractivity contribution >= 4 is 46.4 Å². The van der Waals surface area contributed by atoms with E-state index in [2.05, 4.69) is 10.6 Å². The van der Waals surface area contributed by atoms with Gasteiger partial charge in [0.2, 0.25) is 11.8 Å². The van der Waals surface area contributed by atoms with Crippen LogP contribution in [-0.2, 0) is 15.8 Å². The standard InChI is InChI=1S/C19H18Cl2F3N3O2/c1-2-27(11-18(29)26-16-9-12(20)7-8-14(16)21)10-17(28)25-15-6-4-3-5-13(15)19(22,23)24/h3-9H,2,10-11H2,1H3,(H,25,28)(H,26,29). The highest BCUT2D eigenvalue weighted by molar-refractivity contribution is 6.35. The van der Waals surface area contributed by atoms with Crippen molar-refractivity contribution in [1.29, 1.82) is 0 Å². The largest absolute Gasteiger partial charge is 0.418 e. The molecule has 0 aromatic heterocycles. The van der Waals surface area contributed by atoms with Crippen molar-refractivity contribution in [1.82, 2.24) is 4.90 Å². The van der Waals surface area contributed by atoms with Crippen LogP contribution in [0, 0.1) is 0 Å². The van der Waals surface area contributed by atoms with Crippen molar-refractivity contribution in [2.45, 2.75) is 13.1 Å². The van der Waals surface area contributed by atoms with Crippen LogP contribution in [0.4, 0.5) is 24.5 Å². The fraction of sp³-hybridized carbons (Fsp3) is 0.263. The number of likely N-dealkylation sites (N-methyl/N-ethyl adjacent to an activating group) is 1. The lowest BCUT2D eigenvalue weighted by molar-refractivity contribution is -0.137. The molecule has 0 saturated carbocycles. The molecule has 10 heteroatoms. The molecule has 0 spiro atoms. The average Bonchev–Trinajstić information content (AvgIpc) is 2.63. The number of hydrogen-bond donors (Lipinski definition) is 2. The Bertz CT molecular complexity index is 891. The number of carbonyl (C=O) groups is 2. The van der Waals surface area contributed by atoms with E-state index in [0.29, 0.717) is 22.3 Å². The van der Waals surface area contributed by atoms with Crippen LogP contribution >= 0.6 is 23.2 Å². The molecule has 2 aromatic carbocycles. The Morgan fingerprint density at radius 3 is 2.14 bits per heavy atom. The number of nitrogens with zero attached hydrogens (tertiary/aromatic N) is 1. The second-order valence-electron chi connectivity index (χ2n) is 6.07. The van der Waals surface area contributed by atoms with E-state index >= 15 is 0 Å². The van der Waals surface area contributed by atoms with E-state index in [1.165, 1.54) is 35.2 Å². The van der Waals surface area contributed by atoms with Gasteiger partial charge >= 0.3 is 6.18 Å². The van der Waals surface area contributed by atoms with E-state index in [9.17, 15) is 22.8 Å². The third kappa shape index (κ3) is 6.92. The van der Waals surface area contributed by atoms with Crippen LogP contribution in [0.25, 0.3) is 0 Å². The Hall–Kier alpha value is -2.29. The van der Waals surface area contributed by atoms with Crippen molar-refractivity contribution < 1.29 is 22.8 Å². The molecule has 5 nitrogen and oxygen atoms in total. The van der Waals surface area contributed by atoms with E-state index in [0.717, 1.165) is 6.07 Å². The van der Waals surface area contributed by atoms with Crippen LogP contribution in [0.5, 0.6) is 0 Å². The number of anilines is 2. The molecule has 0 aliphatic carbocycles. The van der Waals surface area contributed by atoms with Gasteiger partial charge in [0.1, 0.15) is 0 Å². The van der Waals surface area contributed by atoms with E-state index in [1.807, 2.05) is 0 Å². The summed E-state index contributed by atoms with van der Waals surface area (Å²) in [6, 6.07) is 9.27. The SMILES string of the molecule is CCN(CC(=O)Nc1cc(Cl)ccc1Cl)CC(=O)Nc1ccccc1C(F)(F)F. The highest BCUT2D eigenvalue weighted by atomic mass is 35.5. The summed E-state index contributed by atoms with van der Waals surface area (Å²) < 4.78 is 39.1. The zero-order valence-corrected chi connectivity index (χ0v) is 16.8. The fourth-order valence-corrected chi connectivity index (χ4v) is 2.83. The zero-order valence-electron chi connectivity index (χ0n) is 15.3. The van der Waals surface area contributed by atoms with Gasteiger partial charge in [-0.15, -0.1) is 0 Å². The number of alkyl halides is 3. The first-order valence-corrected chi connectivity index (χ1v) is 9.29. The summed E-state index contributed by atoms with van der Waals surface area (Å²) >= 11 is 11.9. The van der Waals surface area contributed by atoms with Gasteiger partial charge in [-0.2, -0.15) is 13.2 Å². The second kappa shape index (κ2) is 9.96. The van der Waals surface area contributed by atoms with Gasteiger partial charge in [-0.25, -0.2) is 0 Å². The Morgan fingerprint density at radius 2 is 1.55 bits per heavy atom. The summed E-state index contributed by atoms with van der Waals surface area (Å²) in [5, 5.41) is 5.53. The van der Waals surface area contributed by atoms with E-state index in [1.54, 1.807) is 13.0 Å². The zero-order chi connectivity index (χ0) is 21.6. The van der Waals surface area contributed by atoms with E-state index < -0.39 is 23.6 Å². The lowest BCUT2D eigenvalue weighted by atomic mass is 10.1. The van der Waals surface area contributed by atoms with Gasteiger partial charge in [0.25, 0.3) is 0 Å². The van der Waals surface area contributed by atoms with Crippen LogP contribution in [-0.4, -0.2) is 36.3 Å². The number of carbonyl (C=O) groups excluding carboxylic acids is 2. The van der Waals surface area contributed by atoms with E-state index in [-0.39, 0.29) is 18.8 Å². The molecule has 2 aromatic rings. The maximum absolute atomic E-state index is 13.0. The number of rotatable bonds is 7. The summed E-state index contributed by atoms with van der Waals surface area (Å²) in [7, 11) is 0. The van der Waals surface area contributed by atoms with Gasteiger partial charge in [0, 0.05) is 5.02 Å². The quantitative estimate of drug-likeness (QED) is 0.633. The molecule has 0 bridgehead atoms. The molecular weight excluding hydrogens is 430 g/mol. The van der Waals surface area contributed by atoms with Crippen molar-refractivity contribution in [3.8, 4) is 0 Å². The summed E-state index contributed by atoms with van der Waals surface area (Å²) in [6.45, 7) is 1.62. The van der Waals surface area contributed by atoms with Crippen molar-refractivity contribution in [2.75, 3.05) is 30.3 Å². The summed E-state index contributed by atoms with van der Waals surface area (Å²) in [4.78, 5) is 25.9. The van der Waals surface area contributed by atoms with Gasteiger partial charge in [-0.1, -0.05) is 42.3 Å². The summed E-state index contributed by atoms with van der Waals surface area (Å²) in [5.74, 6) is -1.11. The molecule has 0 fully saturated rings. The molecule has 2 N–H and O–H groups in total. The van der Waals surface area contributed by atoms with Gasteiger partial charge < -0.3 is 10.6 Å². The first-order chi connectivity index (χ1) is 13.6. The fourth-order valence-electron chi connectivity index (χ4n) is 2.50. The maximum Gasteiger partial charge on any atom is 0.418 e. The molecule has 29 heavy (non-hydrogen) atoms. The molecule has 0 unspecified atom stereocenters. The molecule has 0 aliphatic heterocycles. The number of benzene rings is 2. The number of nitrogens with one attached hydrogen (secondary N) is 2. The molecule has 0 heterocycles. The molecule has 0 radical (unpaired) electrons. The molecule has 0 aliphatic rings. The van der Waals surface area contributed by atoms with Gasteiger partial charge in [0.15, 0.2) is 0 Å². The van der Waals surface area contributed by atoms with Crippen LogP contribution in [0.3, 0.4) is 0 Å². The van der Waals surface area contributed by atoms with Crippen LogP contribution < -0.4 is 10.6 Å². The number of halogens is 5. The third-order valence-corrected chi connectivity index (χ3v) is 4.46. The highest BCUT2D eigenvalue weighted by Crippen LogP contribution is 2.34. The minimum Gasteiger partial charge on any atom is -0.324 e. The molecular formula is C19H18Cl2F3N3O2. The monoisotopic (exact) mass is 447 g/mol. The lowest BCUT2D eigenvalue weighted by Crippen LogP contribution is -2.38. The maximum atomic E-state index is 13.0. The summed E-state index contributed by atoms with van der Waals surface area (Å²) in [5.41, 5.74) is -0.954. The minimum atomic E-state index is -4.59.